The van der Waals surface area contributed by atoms with Gasteiger partial charge in [0.2, 0.25) is 0 Å². The van der Waals surface area contributed by atoms with E-state index in [1.807, 2.05) is 47.7 Å². The molecule has 0 N–H and O–H groups in total. The molecule has 0 fully saturated rings. The Balaban J connectivity index is 1.13. The maximum absolute atomic E-state index is 6.90. The van der Waals surface area contributed by atoms with Gasteiger partial charge in [0.1, 0.15) is 11.2 Å². The fourth-order valence-corrected chi connectivity index (χ4v) is 10.5. The van der Waals surface area contributed by atoms with Crippen LogP contribution in [0.2, 0.25) is 0 Å². The highest BCUT2D eigenvalue weighted by Gasteiger charge is 2.26. The summed E-state index contributed by atoms with van der Waals surface area (Å²) in [6.07, 6.45) is 0. The lowest BCUT2D eigenvalue weighted by Crippen LogP contribution is -2.04. The molecule has 0 saturated heterocycles. The van der Waals surface area contributed by atoms with Crippen LogP contribution in [-0.4, -0.2) is 19.5 Å². The van der Waals surface area contributed by atoms with Crippen LogP contribution in [0, 0.1) is 0 Å². The Kier molecular flexibility index (Phi) is 8.01. The van der Waals surface area contributed by atoms with Gasteiger partial charge >= 0.3 is 0 Å². The lowest BCUT2D eigenvalue weighted by molar-refractivity contribution is 0.669. The molecular formula is C57H34N4OS. The lowest BCUT2D eigenvalue weighted by atomic mass is 9.95. The van der Waals surface area contributed by atoms with Crippen molar-refractivity contribution in [2.75, 3.05) is 0 Å². The normalized spacial score (nSPS) is 11.8. The second-order valence-electron chi connectivity index (χ2n) is 15.9. The Labute approximate surface area is 365 Å². The molecule has 0 radical (unpaired) electrons. The molecule has 9 aromatic carbocycles. The van der Waals surface area contributed by atoms with Crippen LogP contribution in [0.5, 0.6) is 0 Å². The van der Waals surface area contributed by atoms with Crippen molar-refractivity contribution >= 4 is 75.3 Å². The molecule has 13 rings (SSSR count). The number of hydrogen-bond donors (Lipinski definition) is 0. The van der Waals surface area contributed by atoms with E-state index in [4.69, 9.17) is 19.4 Å². The summed E-state index contributed by atoms with van der Waals surface area (Å²) in [4.78, 5) is 15.7. The van der Waals surface area contributed by atoms with E-state index in [1.165, 1.54) is 42.1 Å². The van der Waals surface area contributed by atoms with Crippen LogP contribution in [-0.2, 0) is 0 Å². The zero-order valence-electron chi connectivity index (χ0n) is 33.7. The van der Waals surface area contributed by atoms with Gasteiger partial charge in [-0.15, -0.1) is 11.3 Å². The minimum atomic E-state index is 0.577. The van der Waals surface area contributed by atoms with Gasteiger partial charge in [0.05, 0.1) is 22.1 Å². The molecule has 0 atom stereocenters. The van der Waals surface area contributed by atoms with Gasteiger partial charge < -0.3 is 8.98 Å². The van der Waals surface area contributed by atoms with Crippen molar-refractivity contribution in [2.24, 2.45) is 0 Å². The Hall–Kier alpha value is -8.19. The van der Waals surface area contributed by atoms with Crippen molar-refractivity contribution < 1.29 is 4.42 Å². The molecule has 0 aliphatic carbocycles. The topological polar surface area (TPSA) is 56.7 Å². The molecule has 0 amide bonds. The van der Waals surface area contributed by atoms with E-state index in [9.17, 15) is 0 Å². The first-order valence-electron chi connectivity index (χ1n) is 21.1. The third kappa shape index (κ3) is 5.73. The summed E-state index contributed by atoms with van der Waals surface area (Å²) in [6, 6.07) is 72.6. The Morgan fingerprint density at radius 2 is 0.873 bits per heavy atom. The first-order chi connectivity index (χ1) is 31.2. The van der Waals surface area contributed by atoms with Gasteiger partial charge in [0, 0.05) is 53.0 Å². The third-order valence-corrected chi connectivity index (χ3v) is 13.4. The van der Waals surface area contributed by atoms with Gasteiger partial charge in [-0.05, 0) is 76.9 Å². The molecule has 0 spiro atoms. The molecular weight excluding hydrogens is 789 g/mol. The minimum absolute atomic E-state index is 0.577. The maximum atomic E-state index is 6.90. The lowest BCUT2D eigenvalue weighted by Gasteiger charge is -2.16. The summed E-state index contributed by atoms with van der Waals surface area (Å²) in [5.41, 5.74) is 12.1. The molecule has 294 valence electrons. The molecule has 0 bridgehead atoms. The predicted molar refractivity (Wildman–Crippen MR) is 262 cm³/mol. The highest BCUT2D eigenvalue weighted by molar-refractivity contribution is 7.25. The summed E-state index contributed by atoms with van der Waals surface area (Å²) in [6.45, 7) is 0. The van der Waals surface area contributed by atoms with Crippen LogP contribution in [0.15, 0.2) is 211 Å². The zero-order valence-corrected chi connectivity index (χ0v) is 34.6. The fraction of sp³-hybridized carbons (Fsp3) is 0. The molecule has 0 aliphatic rings. The van der Waals surface area contributed by atoms with Crippen molar-refractivity contribution in [2.45, 2.75) is 0 Å². The Morgan fingerprint density at radius 3 is 1.51 bits per heavy atom. The number of aromatic nitrogens is 4. The predicted octanol–water partition coefficient (Wildman–Crippen LogP) is 15.6. The molecule has 13 aromatic rings. The summed E-state index contributed by atoms with van der Waals surface area (Å²) < 4.78 is 11.8. The third-order valence-electron chi connectivity index (χ3n) is 12.3. The SMILES string of the molecule is c1ccc(-c2ccc3sc4ccc(-c5cccc6oc7ccc(-c8nc(-c9ccccc9)nc(-c9ccccc9)n8)c(-n8c9ccccc9c9ccccc98)c7c56)cc4c3c2)cc1. The quantitative estimate of drug-likeness (QED) is 0.168. The van der Waals surface area contributed by atoms with Crippen molar-refractivity contribution in [3.63, 3.8) is 0 Å². The fourth-order valence-electron chi connectivity index (χ4n) is 9.39. The van der Waals surface area contributed by atoms with Crippen LogP contribution in [0.1, 0.15) is 0 Å². The summed E-state index contributed by atoms with van der Waals surface area (Å²) in [5, 5.41) is 6.86. The van der Waals surface area contributed by atoms with Crippen molar-refractivity contribution in [1.82, 2.24) is 19.5 Å². The standard InChI is InChI=1S/C57H34N4OS/c1-4-15-35(16-5-1)38-27-31-50-44(33-38)45-34-39(28-32-51(45)63-50)40-23-14-26-48-52(40)53-49(62-48)30-29-43(54(53)61-46-24-12-10-21-41(46)42-22-11-13-25-47(42)61)57-59-55(36-17-6-2-7-18-36)58-56(60-57)37-19-8-3-9-20-37/h1-34H. The summed E-state index contributed by atoms with van der Waals surface area (Å²) in [5.74, 6) is 1.79. The van der Waals surface area contributed by atoms with Gasteiger partial charge in [-0.1, -0.05) is 152 Å². The highest BCUT2D eigenvalue weighted by Crippen LogP contribution is 2.47. The molecule has 4 heterocycles. The number of rotatable bonds is 6. The number of hydrogen-bond acceptors (Lipinski definition) is 5. The van der Waals surface area contributed by atoms with E-state index in [0.717, 1.165) is 66.5 Å². The number of thiophene rings is 1. The molecule has 0 aliphatic heterocycles. The largest absolute Gasteiger partial charge is 0.456 e. The van der Waals surface area contributed by atoms with Gasteiger partial charge in [-0.25, -0.2) is 15.0 Å². The molecule has 63 heavy (non-hydrogen) atoms. The van der Waals surface area contributed by atoms with E-state index in [1.54, 1.807) is 0 Å². The van der Waals surface area contributed by atoms with Crippen molar-refractivity contribution in [1.29, 1.82) is 0 Å². The molecule has 0 saturated carbocycles. The van der Waals surface area contributed by atoms with Gasteiger partial charge in [-0.3, -0.25) is 0 Å². The molecule has 0 unspecified atom stereocenters. The first-order valence-corrected chi connectivity index (χ1v) is 21.9. The monoisotopic (exact) mass is 822 g/mol. The minimum Gasteiger partial charge on any atom is -0.456 e. The smallest absolute Gasteiger partial charge is 0.166 e. The first kappa shape index (κ1) is 35.6. The number of nitrogens with zero attached hydrogens (tertiary/aromatic N) is 4. The van der Waals surface area contributed by atoms with E-state index in [2.05, 4.69) is 174 Å². The van der Waals surface area contributed by atoms with Crippen LogP contribution in [0.4, 0.5) is 0 Å². The highest BCUT2D eigenvalue weighted by atomic mass is 32.1. The van der Waals surface area contributed by atoms with Crippen molar-refractivity contribution in [3.05, 3.63) is 206 Å². The summed E-state index contributed by atoms with van der Waals surface area (Å²) in [7, 11) is 0. The number of benzene rings is 9. The average molecular weight is 823 g/mol. The maximum Gasteiger partial charge on any atom is 0.166 e. The van der Waals surface area contributed by atoms with Gasteiger partial charge in [0.15, 0.2) is 17.5 Å². The Bertz CT molecular complexity index is 3800. The molecule has 4 aromatic heterocycles. The van der Waals surface area contributed by atoms with Gasteiger partial charge in [-0.2, -0.15) is 0 Å². The average Bonchev–Trinajstić information content (AvgIpc) is 4.03. The second-order valence-corrected chi connectivity index (χ2v) is 17.0. The number of para-hydroxylation sites is 2. The van der Waals surface area contributed by atoms with E-state index in [0.29, 0.717) is 17.5 Å². The van der Waals surface area contributed by atoms with Crippen LogP contribution >= 0.6 is 11.3 Å². The van der Waals surface area contributed by atoms with E-state index < -0.39 is 0 Å². The van der Waals surface area contributed by atoms with E-state index >= 15 is 0 Å². The Morgan fingerprint density at radius 1 is 0.349 bits per heavy atom. The number of furan rings is 1. The van der Waals surface area contributed by atoms with Crippen LogP contribution in [0.25, 0.3) is 126 Å². The van der Waals surface area contributed by atoms with Crippen LogP contribution in [0.3, 0.4) is 0 Å². The number of fused-ring (bicyclic) bond motifs is 9. The summed E-state index contributed by atoms with van der Waals surface area (Å²) >= 11 is 1.84. The van der Waals surface area contributed by atoms with E-state index in [-0.39, 0.29) is 0 Å². The molecule has 5 nitrogen and oxygen atoms in total. The van der Waals surface area contributed by atoms with Gasteiger partial charge in [0.25, 0.3) is 0 Å². The van der Waals surface area contributed by atoms with Crippen LogP contribution < -0.4 is 0 Å². The molecule has 6 heteroatoms. The zero-order chi connectivity index (χ0) is 41.4. The second kappa shape index (κ2) is 14.2. The van der Waals surface area contributed by atoms with Crippen molar-refractivity contribution in [3.8, 4) is 62.1 Å².